The van der Waals surface area contributed by atoms with Crippen LogP contribution in [0.5, 0.6) is 5.75 Å². The molecule has 1 aromatic carbocycles. The van der Waals surface area contributed by atoms with Crippen molar-refractivity contribution in [3.05, 3.63) is 29.3 Å². The van der Waals surface area contributed by atoms with Gasteiger partial charge in [-0.3, -0.25) is 0 Å². The van der Waals surface area contributed by atoms with Crippen LogP contribution < -0.4 is 5.73 Å². The van der Waals surface area contributed by atoms with Gasteiger partial charge >= 0.3 is 0 Å². The molecule has 5 N–H and O–H groups in total. The molecule has 0 aliphatic heterocycles. The second kappa shape index (κ2) is 3.96. The molecule has 1 rings (SSSR count). The lowest BCUT2D eigenvalue weighted by Crippen LogP contribution is -2.26. The van der Waals surface area contributed by atoms with Crippen LogP contribution in [0.3, 0.4) is 0 Å². The average Bonchev–Trinajstić information content (AvgIpc) is 2.18. The van der Waals surface area contributed by atoms with Gasteiger partial charge in [0.1, 0.15) is 11.4 Å². The zero-order valence-corrected chi connectivity index (χ0v) is 8.07. The molecule has 0 heterocycles. The number of nitrogens with two attached hydrogens (primary N) is 1. The molecule has 14 heavy (non-hydrogen) atoms. The van der Waals surface area contributed by atoms with E-state index in [1.54, 1.807) is 12.1 Å². The smallest absolute Gasteiger partial charge is 0.120 e. The molecule has 0 aliphatic carbocycles. The maximum Gasteiger partial charge on any atom is 0.120 e. The van der Waals surface area contributed by atoms with Crippen molar-refractivity contribution in [2.45, 2.75) is 19.1 Å². The summed E-state index contributed by atoms with van der Waals surface area (Å²) in [5.74, 6) is 0.102. The van der Waals surface area contributed by atoms with Crippen LogP contribution in [0.15, 0.2) is 18.2 Å². The number of hydrogen-bond acceptors (Lipinski definition) is 4. The maximum absolute atomic E-state index is 9.73. The fourth-order valence-corrected chi connectivity index (χ4v) is 1.18. The summed E-state index contributed by atoms with van der Waals surface area (Å²) in [6, 6.07) is 4.61. The van der Waals surface area contributed by atoms with Crippen LogP contribution in [-0.4, -0.2) is 21.9 Å². The lowest BCUT2D eigenvalue weighted by atomic mass is 9.95. The highest BCUT2D eigenvalue weighted by molar-refractivity contribution is 5.38. The Morgan fingerprint density at radius 3 is 2.57 bits per heavy atom. The highest BCUT2D eigenvalue weighted by Gasteiger charge is 2.22. The van der Waals surface area contributed by atoms with Crippen LogP contribution in [0.25, 0.3) is 0 Å². The van der Waals surface area contributed by atoms with Crippen molar-refractivity contribution < 1.29 is 15.3 Å². The van der Waals surface area contributed by atoms with Crippen LogP contribution in [0.1, 0.15) is 18.1 Å². The second-order valence-corrected chi connectivity index (χ2v) is 3.48. The zero-order valence-electron chi connectivity index (χ0n) is 8.07. The average molecular weight is 197 g/mol. The van der Waals surface area contributed by atoms with E-state index in [-0.39, 0.29) is 18.9 Å². The number of phenolic OH excluding ortho intramolecular Hbond substituents is 1. The van der Waals surface area contributed by atoms with E-state index >= 15 is 0 Å². The van der Waals surface area contributed by atoms with Gasteiger partial charge in [0.05, 0.1) is 6.61 Å². The summed E-state index contributed by atoms with van der Waals surface area (Å²) in [4.78, 5) is 0. The summed E-state index contributed by atoms with van der Waals surface area (Å²) in [6.07, 6.45) is 0. The van der Waals surface area contributed by atoms with Gasteiger partial charge in [-0.05, 0) is 24.6 Å². The van der Waals surface area contributed by atoms with E-state index in [0.717, 1.165) is 0 Å². The standard InChI is InChI=1S/C10H15NO3/c1-10(14,6-12)8-2-3-9(13)7(4-8)5-11/h2-4,12-14H,5-6,11H2,1H3. The Labute approximate surface area is 82.6 Å². The van der Waals surface area contributed by atoms with Gasteiger partial charge in [0.2, 0.25) is 0 Å². The van der Waals surface area contributed by atoms with E-state index < -0.39 is 5.60 Å². The van der Waals surface area contributed by atoms with Gasteiger partial charge in [-0.2, -0.15) is 0 Å². The van der Waals surface area contributed by atoms with E-state index in [1.807, 2.05) is 0 Å². The van der Waals surface area contributed by atoms with E-state index in [2.05, 4.69) is 0 Å². The first-order valence-corrected chi connectivity index (χ1v) is 4.37. The van der Waals surface area contributed by atoms with Gasteiger partial charge in [-0.25, -0.2) is 0 Å². The lowest BCUT2D eigenvalue weighted by molar-refractivity contribution is -0.00236. The Bertz CT molecular complexity index is 323. The van der Waals surface area contributed by atoms with Crippen molar-refractivity contribution in [1.29, 1.82) is 0 Å². The Balaban J connectivity index is 3.12. The summed E-state index contributed by atoms with van der Waals surface area (Å²) in [7, 11) is 0. The van der Waals surface area contributed by atoms with Gasteiger partial charge < -0.3 is 21.1 Å². The zero-order chi connectivity index (χ0) is 10.8. The van der Waals surface area contributed by atoms with Gasteiger partial charge in [-0.1, -0.05) is 6.07 Å². The molecule has 1 aromatic rings. The molecule has 78 valence electrons. The number of phenols is 1. The molecule has 0 radical (unpaired) electrons. The molecular formula is C10H15NO3. The molecule has 0 fully saturated rings. The Morgan fingerprint density at radius 1 is 1.43 bits per heavy atom. The first-order valence-electron chi connectivity index (χ1n) is 4.37. The molecule has 0 amide bonds. The number of aromatic hydroxyl groups is 1. The number of rotatable bonds is 3. The van der Waals surface area contributed by atoms with Crippen molar-refractivity contribution in [3.63, 3.8) is 0 Å². The lowest BCUT2D eigenvalue weighted by Gasteiger charge is -2.21. The maximum atomic E-state index is 9.73. The molecule has 1 unspecified atom stereocenters. The molecule has 0 aliphatic rings. The minimum Gasteiger partial charge on any atom is -0.508 e. The molecule has 1 atom stereocenters. The second-order valence-electron chi connectivity index (χ2n) is 3.48. The van der Waals surface area contributed by atoms with E-state index in [4.69, 9.17) is 10.8 Å². The summed E-state index contributed by atoms with van der Waals surface area (Å²) in [5, 5.41) is 28.0. The number of aliphatic hydroxyl groups is 2. The normalized spacial score (nSPS) is 15.1. The highest BCUT2D eigenvalue weighted by atomic mass is 16.3. The predicted octanol–water partition coefficient (Wildman–Crippen LogP) is 0.0507. The SMILES string of the molecule is CC(O)(CO)c1ccc(O)c(CN)c1. The van der Waals surface area contributed by atoms with Crippen molar-refractivity contribution in [3.8, 4) is 5.75 Å². The summed E-state index contributed by atoms with van der Waals surface area (Å²) < 4.78 is 0. The van der Waals surface area contributed by atoms with Gasteiger partial charge in [0.15, 0.2) is 0 Å². The van der Waals surface area contributed by atoms with Crippen LogP contribution in [0.4, 0.5) is 0 Å². The van der Waals surface area contributed by atoms with Crippen molar-refractivity contribution in [1.82, 2.24) is 0 Å². The molecule has 4 heteroatoms. The minimum absolute atomic E-state index is 0.102. The van der Waals surface area contributed by atoms with Crippen LogP contribution in [0.2, 0.25) is 0 Å². The molecular weight excluding hydrogens is 182 g/mol. The third kappa shape index (κ3) is 2.04. The van der Waals surface area contributed by atoms with Crippen molar-refractivity contribution >= 4 is 0 Å². The van der Waals surface area contributed by atoms with E-state index in [0.29, 0.717) is 11.1 Å². The fraction of sp³-hybridized carbons (Fsp3) is 0.400. The first-order chi connectivity index (χ1) is 6.51. The summed E-state index contributed by atoms with van der Waals surface area (Å²) in [6.45, 7) is 1.32. The van der Waals surface area contributed by atoms with E-state index in [9.17, 15) is 10.2 Å². The molecule has 0 aromatic heterocycles. The Kier molecular flexibility index (Phi) is 3.10. The van der Waals surface area contributed by atoms with Crippen LogP contribution in [0, 0.1) is 0 Å². The summed E-state index contributed by atoms with van der Waals surface area (Å²) in [5.41, 5.74) is 5.20. The molecule has 4 nitrogen and oxygen atoms in total. The van der Waals surface area contributed by atoms with Gasteiger partial charge in [-0.15, -0.1) is 0 Å². The van der Waals surface area contributed by atoms with E-state index in [1.165, 1.54) is 13.0 Å². The number of aliphatic hydroxyl groups excluding tert-OH is 1. The largest absolute Gasteiger partial charge is 0.508 e. The number of benzene rings is 1. The van der Waals surface area contributed by atoms with Crippen LogP contribution in [-0.2, 0) is 12.1 Å². The molecule has 0 saturated heterocycles. The Hall–Kier alpha value is -1.10. The third-order valence-electron chi connectivity index (χ3n) is 2.23. The minimum atomic E-state index is -1.29. The molecule has 0 bridgehead atoms. The van der Waals surface area contributed by atoms with Gasteiger partial charge in [0.25, 0.3) is 0 Å². The molecule has 0 spiro atoms. The number of hydrogen-bond donors (Lipinski definition) is 4. The topological polar surface area (TPSA) is 86.7 Å². The highest BCUT2D eigenvalue weighted by Crippen LogP contribution is 2.25. The Morgan fingerprint density at radius 2 is 2.07 bits per heavy atom. The van der Waals surface area contributed by atoms with Crippen molar-refractivity contribution in [2.75, 3.05) is 6.61 Å². The summed E-state index contributed by atoms with van der Waals surface area (Å²) >= 11 is 0. The quantitative estimate of drug-likeness (QED) is 0.551. The first kappa shape index (κ1) is 11.0. The fourth-order valence-electron chi connectivity index (χ4n) is 1.18. The molecule has 0 saturated carbocycles. The monoisotopic (exact) mass is 197 g/mol. The van der Waals surface area contributed by atoms with Gasteiger partial charge in [0, 0.05) is 12.1 Å². The predicted molar refractivity (Wildman–Crippen MR) is 52.7 cm³/mol. The van der Waals surface area contributed by atoms with Crippen LogP contribution >= 0.6 is 0 Å². The third-order valence-corrected chi connectivity index (χ3v) is 2.23. The van der Waals surface area contributed by atoms with Crippen molar-refractivity contribution in [2.24, 2.45) is 5.73 Å².